The Morgan fingerprint density at radius 1 is 1.43 bits per heavy atom. The number of quaternary nitrogens is 1. The Labute approximate surface area is 137 Å². The zero-order valence-corrected chi connectivity index (χ0v) is 13.7. The summed E-state index contributed by atoms with van der Waals surface area (Å²) in [6.45, 7) is 1.49. The minimum absolute atomic E-state index is 0.188. The van der Waals surface area contributed by atoms with Crippen LogP contribution in [0.1, 0.15) is 23.0 Å². The average molecular weight is 336 g/mol. The van der Waals surface area contributed by atoms with Crippen LogP contribution in [-0.4, -0.2) is 45.6 Å². The molecule has 0 spiro atoms. The molecule has 8 heteroatoms. The van der Waals surface area contributed by atoms with E-state index in [-0.39, 0.29) is 18.3 Å². The first-order valence-corrected chi connectivity index (χ1v) is 7.34. The fourth-order valence-electron chi connectivity index (χ4n) is 2.62. The number of hydrogen-bond donors (Lipinski definition) is 1. The minimum Gasteiger partial charge on any atom is -0.335 e. The van der Waals surface area contributed by atoms with Crippen molar-refractivity contribution in [2.24, 2.45) is 0 Å². The molecule has 0 bridgehead atoms. The lowest BCUT2D eigenvalue weighted by molar-refractivity contribution is -0.154. The van der Waals surface area contributed by atoms with Gasteiger partial charge in [-0.15, -0.1) is 0 Å². The van der Waals surface area contributed by atoms with Crippen molar-refractivity contribution in [3.63, 3.8) is 0 Å². The summed E-state index contributed by atoms with van der Waals surface area (Å²) in [6, 6.07) is 5.00. The van der Waals surface area contributed by atoms with Crippen molar-refractivity contribution >= 4 is 29.2 Å². The first kappa shape index (κ1) is 15.7. The summed E-state index contributed by atoms with van der Waals surface area (Å²) in [5.41, 5.74) is 1.63. The molecule has 1 aromatic heterocycles. The van der Waals surface area contributed by atoms with Gasteiger partial charge in [0, 0.05) is 12.1 Å². The standard InChI is InChI=1S/C15H16ClN4O3/c1-9(21)20(3,23)14-13-7-18(2)15(22)11-6-10(16)4-5-12(11)19(13)8-17-14/h4-6,8,23H,7H2,1-3H3/q+1. The Hall–Kier alpha value is -2.22. The van der Waals surface area contributed by atoms with Gasteiger partial charge in [0.25, 0.3) is 11.7 Å². The molecule has 1 atom stereocenters. The highest BCUT2D eigenvalue weighted by molar-refractivity contribution is 6.31. The molecular weight excluding hydrogens is 320 g/mol. The van der Waals surface area contributed by atoms with E-state index in [1.807, 2.05) is 0 Å². The molecule has 0 aliphatic carbocycles. The lowest BCUT2D eigenvalue weighted by Gasteiger charge is -2.20. The Kier molecular flexibility index (Phi) is 3.51. The van der Waals surface area contributed by atoms with Crippen molar-refractivity contribution in [1.82, 2.24) is 19.1 Å². The molecule has 120 valence electrons. The molecular formula is C15H16ClN4O3+. The molecule has 1 unspecified atom stereocenters. The maximum Gasteiger partial charge on any atom is 0.348 e. The number of hydroxylamine groups is 2. The highest BCUT2D eigenvalue weighted by Gasteiger charge is 2.38. The van der Waals surface area contributed by atoms with Crippen molar-refractivity contribution < 1.29 is 14.8 Å². The molecule has 2 aromatic rings. The van der Waals surface area contributed by atoms with Crippen LogP contribution in [0.5, 0.6) is 0 Å². The lowest BCUT2D eigenvalue weighted by Crippen LogP contribution is -2.47. The van der Waals surface area contributed by atoms with Gasteiger partial charge in [-0.25, -0.2) is 10.0 Å². The molecule has 23 heavy (non-hydrogen) atoms. The summed E-state index contributed by atoms with van der Waals surface area (Å²) in [4.78, 5) is 30.0. The van der Waals surface area contributed by atoms with E-state index in [0.717, 1.165) is 0 Å². The fourth-order valence-corrected chi connectivity index (χ4v) is 2.80. The van der Waals surface area contributed by atoms with Crippen molar-refractivity contribution in [3.8, 4) is 5.69 Å². The summed E-state index contributed by atoms with van der Waals surface area (Å²) < 4.78 is 0.728. The van der Waals surface area contributed by atoms with Gasteiger partial charge in [0.05, 0.1) is 24.7 Å². The van der Waals surface area contributed by atoms with Crippen molar-refractivity contribution in [3.05, 3.63) is 40.8 Å². The highest BCUT2D eigenvalue weighted by Crippen LogP contribution is 2.32. The van der Waals surface area contributed by atoms with Crippen LogP contribution in [0.25, 0.3) is 5.69 Å². The lowest BCUT2D eigenvalue weighted by atomic mass is 10.1. The van der Waals surface area contributed by atoms with Gasteiger partial charge in [-0.05, 0) is 18.2 Å². The Balaban J connectivity index is 2.28. The summed E-state index contributed by atoms with van der Waals surface area (Å²) in [5.74, 6) is -0.465. The van der Waals surface area contributed by atoms with Crippen LogP contribution in [0, 0.1) is 0 Å². The third-order valence-electron chi connectivity index (χ3n) is 4.05. The van der Waals surface area contributed by atoms with Crippen LogP contribution in [0.4, 0.5) is 5.82 Å². The van der Waals surface area contributed by atoms with E-state index in [2.05, 4.69) is 4.98 Å². The van der Waals surface area contributed by atoms with Crippen LogP contribution in [0.15, 0.2) is 24.5 Å². The van der Waals surface area contributed by atoms with Gasteiger partial charge in [0.15, 0.2) is 0 Å². The van der Waals surface area contributed by atoms with Crippen molar-refractivity contribution in [1.29, 1.82) is 0 Å². The zero-order valence-electron chi connectivity index (χ0n) is 12.9. The molecule has 1 aromatic carbocycles. The number of nitrogens with zero attached hydrogens (tertiary/aromatic N) is 4. The second-order valence-corrected chi connectivity index (χ2v) is 6.12. The molecule has 1 aliphatic rings. The Bertz CT molecular complexity index is 828. The molecule has 3 rings (SSSR count). The number of aromatic nitrogens is 2. The normalized spacial score (nSPS) is 16.4. The van der Waals surface area contributed by atoms with E-state index in [1.165, 1.54) is 25.2 Å². The van der Waals surface area contributed by atoms with Crippen molar-refractivity contribution in [2.75, 3.05) is 14.1 Å². The predicted octanol–water partition coefficient (Wildman–Crippen LogP) is 1.98. The maximum atomic E-state index is 12.5. The number of carbonyl (C=O) groups excluding carboxylic acids is 2. The summed E-state index contributed by atoms with van der Waals surface area (Å²) in [6.07, 6.45) is 1.50. The molecule has 0 fully saturated rings. The van der Waals surface area contributed by atoms with Crippen LogP contribution in [0.3, 0.4) is 0 Å². The molecule has 1 N–H and O–H groups in total. The molecule has 1 aliphatic heterocycles. The minimum atomic E-state index is -0.979. The van der Waals surface area contributed by atoms with Gasteiger partial charge >= 0.3 is 5.91 Å². The number of fused-ring (bicyclic) bond motifs is 3. The molecule has 7 nitrogen and oxygen atoms in total. The quantitative estimate of drug-likeness (QED) is 0.491. The number of benzene rings is 1. The Morgan fingerprint density at radius 3 is 2.78 bits per heavy atom. The second-order valence-electron chi connectivity index (χ2n) is 5.69. The molecule has 2 amide bonds. The smallest absolute Gasteiger partial charge is 0.335 e. The van der Waals surface area contributed by atoms with E-state index in [9.17, 15) is 14.8 Å². The van der Waals surface area contributed by atoms with Gasteiger partial charge in [-0.3, -0.25) is 9.36 Å². The van der Waals surface area contributed by atoms with Gasteiger partial charge in [0.2, 0.25) is 0 Å². The maximum absolute atomic E-state index is 12.5. The predicted molar refractivity (Wildman–Crippen MR) is 84.6 cm³/mol. The number of rotatable bonds is 1. The van der Waals surface area contributed by atoms with Crippen molar-refractivity contribution in [2.45, 2.75) is 13.5 Å². The van der Waals surface area contributed by atoms with Gasteiger partial charge in [-0.1, -0.05) is 16.2 Å². The fraction of sp³-hybridized carbons (Fsp3) is 0.267. The van der Waals surface area contributed by atoms with E-state index in [1.54, 1.807) is 29.8 Å². The van der Waals surface area contributed by atoms with Crippen LogP contribution < -0.4 is 4.65 Å². The van der Waals surface area contributed by atoms with Crippen LogP contribution in [0.2, 0.25) is 5.02 Å². The largest absolute Gasteiger partial charge is 0.348 e. The monoisotopic (exact) mass is 335 g/mol. The van der Waals surface area contributed by atoms with Gasteiger partial charge < -0.3 is 4.90 Å². The number of halogens is 1. The van der Waals surface area contributed by atoms with Crippen LogP contribution >= 0.6 is 11.6 Å². The van der Waals surface area contributed by atoms with Gasteiger partial charge in [-0.2, -0.15) is 4.98 Å². The van der Waals surface area contributed by atoms with Crippen LogP contribution in [-0.2, 0) is 11.3 Å². The van der Waals surface area contributed by atoms with E-state index in [4.69, 9.17) is 11.6 Å². The van der Waals surface area contributed by atoms with E-state index >= 15 is 0 Å². The van der Waals surface area contributed by atoms with E-state index in [0.29, 0.717) is 22.0 Å². The number of carbonyl (C=O) groups is 2. The summed E-state index contributed by atoms with van der Waals surface area (Å²) in [7, 11) is 3.00. The van der Waals surface area contributed by atoms with E-state index < -0.39 is 10.6 Å². The molecule has 0 radical (unpaired) electrons. The summed E-state index contributed by atoms with van der Waals surface area (Å²) >= 11 is 6.01. The number of imidazole rings is 1. The number of hydrogen-bond acceptors (Lipinski definition) is 4. The number of amides is 2. The average Bonchev–Trinajstić information content (AvgIpc) is 2.86. The SMILES string of the molecule is CC(=O)[N+](C)(O)c1ncn2c1CN(C)C(=O)c1cc(Cl)ccc1-2. The third kappa shape index (κ3) is 2.33. The second kappa shape index (κ2) is 5.16. The zero-order chi connectivity index (χ0) is 16.9. The Morgan fingerprint density at radius 2 is 2.13 bits per heavy atom. The van der Waals surface area contributed by atoms with Gasteiger partial charge in [0.1, 0.15) is 19.1 Å². The topological polar surface area (TPSA) is 75.4 Å². The molecule has 2 heterocycles. The highest BCUT2D eigenvalue weighted by atomic mass is 35.5. The molecule has 0 saturated heterocycles. The third-order valence-corrected chi connectivity index (χ3v) is 4.29. The first-order valence-electron chi connectivity index (χ1n) is 6.96. The summed E-state index contributed by atoms with van der Waals surface area (Å²) in [5, 5.41) is 10.9. The molecule has 0 saturated carbocycles. The first-order chi connectivity index (χ1) is 10.7.